The molecule has 0 bridgehead atoms. The number of phenols is 1. The van der Waals surface area contributed by atoms with E-state index in [1.165, 1.54) is 42.6 Å². The first-order valence-corrected chi connectivity index (χ1v) is 9.76. The summed E-state index contributed by atoms with van der Waals surface area (Å²) in [6.07, 6.45) is -3.88. The average molecular weight is 515 g/mol. The summed E-state index contributed by atoms with van der Waals surface area (Å²) in [6.45, 7) is 0. The fourth-order valence-electron chi connectivity index (χ4n) is 2.84. The second kappa shape index (κ2) is 9.53. The van der Waals surface area contributed by atoms with Crippen molar-refractivity contribution in [1.29, 1.82) is 0 Å². The van der Waals surface area contributed by atoms with E-state index < -0.39 is 38.6 Å². The number of hydrogen-bond donors (Lipinski definition) is 2. The summed E-state index contributed by atoms with van der Waals surface area (Å²) in [7, 11) is 0. The number of nitrogens with one attached hydrogen (secondary N) is 1. The van der Waals surface area contributed by atoms with Crippen molar-refractivity contribution in [3.05, 3.63) is 89.9 Å². The van der Waals surface area contributed by atoms with Crippen molar-refractivity contribution in [2.75, 3.05) is 5.32 Å². The average Bonchev–Trinajstić information content (AvgIpc) is 2.75. The molecule has 0 fully saturated rings. The minimum atomic E-state index is -5.05. The molecule has 14 heteroatoms. The third kappa shape index (κ3) is 5.35. The van der Waals surface area contributed by atoms with E-state index in [9.17, 15) is 38.5 Å². The minimum Gasteiger partial charge on any atom is -0.506 e. The van der Waals surface area contributed by atoms with E-state index in [1.54, 1.807) is 0 Å². The van der Waals surface area contributed by atoms with Gasteiger partial charge in [0, 0.05) is 28.9 Å². The summed E-state index contributed by atoms with van der Waals surface area (Å²) in [4.78, 5) is 24.7. The molecule has 34 heavy (non-hydrogen) atoms. The molecule has 9 nitrogen and oxygen atoms in total. The molecule has 0 aromatic heterocycles. The van der Waals surface area contributed by atoms with Crippen LogP contribution in [0.2, 0.25) is 10.0 Å². The number of aliphatic imine (C=N–C) groups is 1. The van der Waals surface area contributed by atoms with Crippen LogP contribution in [0.1, 0.15) is 11.1 Å². The lowest BCUT2D eigenvalue weighted by atomic mass is 10.1. The zero-order valence-electron chi connectivity index (χ0n) is 16.5. The number of rotatable bonds is 6. The van der Waals surface area contributed by atoms with Crippen molar-refractivity contribution >= 4 is 57.9 Å². The van der Waals surface area contributed by atoms with Gasteiger partial charge in [-0.25, -0.2) is 0 Å². The van der Waals surface area contributed by atoms with Crippen LogP contribution in [0.4, 0.5) is 41.6 Å². The first-order chi connectivity index (χ1) is 15.9. The van der Waals surface area contributed by atoms with Gasteiger partial charge >= 0.3 is 6.18 Å². The molecule has 3 aromatic rings. The molecule has 0 aliphatic rings. The standard InChI is InChI=1S/C20H11Cl2F3N4O5/c21-12-5-10(19(30)13(22)8-12)9-26-14-3-1-2-4-15(14)27-18-16(28(31)32)6-11(20(23,24)25)7-17(18)29(33)34/h1-9,27,30H. The number of alkyl halides is 3. The second-order valence-corrected chi connectivity index (χ2v) is 7.47. The van der Waals surface area contributed by atoms with Crippen LogP contribution in [0.15, 0.2) is 53.5 Å². The van der Waals surface area contributed by atoms with E-state index in [4.69, 9.17) is 23.2 Å². The van der Waals surface area contributed by atoms with Gasteiger partial charge in [0.15, 0.2) is 5.69 Å². The van der Waals surface area contributed by atoms with E-state index in [2.05, 4.69) is 10.3 Å². The molecule has 0 atom stereocenters. The normalized spacial score (nSPS) is 11.6. The van der Waals surface area contributed by atoms with Crippen molar-refractivity contribution in [3.8, 4) is 5.75 Å². The lowest BCUT2D eigenvalue weighted by Crippen LogP contribution is -2.09. The highest BCUT2D eigenvalue weighted by molar-refractivity contribution is 6.36. The van der Waals surface area contributed by atoms with Crippen LogP contribution in [0.5, 0.6) is 5.75 Å². The largest absolute Gasteiger partial charge is 0.506 e. The Morgan fingerprint density at radius 3 is 2.15 bits per heavy atom. The number of anilines is 2. The van der Waals surface area contributed by atoms with Crippen molar-refractivity contribution in [1.82, 2.24) is 0 Å². The number of benzene rings is 3. The predicted octanol–water partition coefficient (Wildman–Crippen LogP) is 7.03. The van der Waals surface area contributed by atoms with Crippen molar-refractivity contribution in [2.24, 2.45) is 4.99 Å². The lowest BCUT2D eigenvalue weighted by molar-refractivity contribution is -0.392. The van der Waals surface area contributed by atoms with Crippen molar-refractivity contribution in [2.45, 2.75) is 6.18 Å². The number of hydrogen-bond acceptors (Lipinski definition) is 7. The molecule has 0 saturated carbocycles. The third-order valence-electron chi connectivity index (χ3n) is 4.38. The van der Waals surface area contributed by atoms with Gasteiger partial charge < -0.3 is 10.4 Å². The SMILES string of the molecule is O=[N+]([O-])c1cc(C(F)(F)F)cc([N+](=O)[O-])c1Nc1ccccc1N=Cc1cc(Cl)cc(Cl)c1O. The summed E-state index contributed by atoms with van der Waals surface area (Å²) in [5, 5.41) is 35.6. The fraction of sp³-hybridized carbons (Fsp3) is 0.0500. The van der Waals surface area contributed by atoms with E-state index in [1.807, 2.05) is 0 Å². The maximum atomic E-state index is 13.1. The zero-order valence-corrected chi connectivity index (χ0v) is 18.0. The summed E-state index contributed by atoms with van der Waals surface area (Å²) in [6, 6.07) is 8.82. The topological polar surface area (TPSA) is 131 Å². The predicted molar refractivity (Wildman–Crippen MR) is 120 cm³/mol. The summed E-state index contributed by atoms with van der Waals surface area (Å²) in [5.74, 6) is -0.325. The third-order valence-corrected chi connectivity index (χ3v) is 4.89. The molecule has 0 saturated heterocycles. The molecule has 0 heterocycles. The molecule has 2 N–H and O–H groups in total. The molecule has 0 amide bonds. The monoisotopic (exact) mass is 514 g/mol. The van der Waals surface area contributed by atoms with Gasteiger partial charge in [-0.15, -0.1) is 0 Å². The maximum absolute atomic E-state index is 13.1. The fourth-order valence-corrected chi connectivity index (χ4v) is 3.35. The van der Waals surface area contributed by atoms with E-state index >= 15 is 0 Å². The molecule has 0 spiro atoms. The van der Waals surface area contributed by atoms with Gasteiger partial charge in [0.2, 0.25) is 0 Å². The van der Waals surface area contributed by atoms with Gasteiger partial charge in [-0.1, -0.05) is 35.3 Å². The van der Waals surface area contributed by atoms with Crippen LogP contribution in [0.25, 0.3) is 0 Å². The molecular formula is C20H11Cl2F3N4O5. The molecule has 3 rings (SSSR count). The Morgan fingerprint density at radius 1 is 1.00 bits per heavy atom. The van der Waals surface area contributed by atoms with Crippen LogP contribution in [0, 0.1) is 20.2 Å². The van der Waals surface area contributed by atoms with Crippen molar-refractivity contribution < 1.29 is 28.1 Å². The number of phenolic OH excluding ortho intramolecular Hbond substituents is 1. The summed E-state index contributed by atoms with van der Waals surface area (Å²) >= 11 is 11.8. The smallest absolute Gasteiger partial charge is 0.416 e. The van der Waals surface area contributed by atoms with Gasteiger partial charge in [0.05, 0.1) is 31.8 Å². The van der Waals surface area contributed by atoms with Gasteiger partial charge in [-0.05, 0) is 24.3 Å². The number of para-hydroxylation sites is 2. The molecule has 0 unspecified atom stereocenters. The zero-order chi connectivity index (χ0) is 25.2. The summed E-state index contributed by atoms with van der Waals surface area (Å²) in [5.41, 5.74) is -4.41. The number of nitrogens with zero attached hydrogens (tertiary/aromatic N) is 3. The highest BCUT2D eigenvalue weighted by Crippen LogP contribution is 2.43. The highest BCUT2D eigenvalue weighted by Gasteiger charge is 2.37. The highest BCUT2D eigenvalue weighted by atomic mass is 35.5. The molecule has 0 radical (unpaired) electrons. The van der Waals surface area contributed by atoms with E-state index in [-0.39, 0.29) is 44.9 Å². The first kappa shape index (κ1) is 24.7. The van der Waals surface area contributed by atoms with E-state index in [0.717, 1.165) is 0 Å². The van der Waals surface area contributed by atoms with Gasteiger partial charge in [0.1, 0.15) is 5.75 Å². The summed E-state index contributed by atoms with van der Waals surface area (Å²) < 4.78 is 39.4. The Morgan fingerprint density at radius 2 is 1.59 bits per heavy atom. The van der Waals surface area contributed by atoms with Crippen molar-refractivity contribution in [3.63, 3.8) is 0 Å². The minimum absolute atomic E-state index is 0.00248. The van der Waals surface area contributed by atoms with Crippen LogP contribution in [0.3, 0.4) is 0 Å². The lowest BCUT2D eigenvalue weighted by Gasteiger charge is -2.13. The molecule has 0 aliphatic heterocycles. The Hall–Kier alpha value is -3.90. The molecule has 3 aromatic carbocycles. The van der Waals surface area contributed by atoms with Gasteiger partial charge in [-0.3, -0.25) is 25.2 Å². The Kier molecular flexibility index (Phi) is 6.93. The number of aromatic hydroxyl groups is 1. The number of nitro benzene ring substituents is 2. The number of halogens is 5. The second-order valence-electron chi connectivity index (χ2n) is 6.63. The first-order valence-electron chi connectivity index (χ1n) is 9.00. The Balaban J connectivity index is 2.11. The van der Waals surface area contributed by atoms with Crippen LogP contribution >= 0.6 is 23.2 Å². The molecule has 0 aliphatic carbocycles. The van der Waals surface area contributed by atoms with Crippen LogP contribution in [-0.4, -0.2) is 21.2 Å². The maximum Gasteiger partial charge on any atom is 0.416 e. The molecule has 176 valence electrons. The van der Waals surface area contributed by atoms with Crippen LogP contribution < -0.4 is 5.32 Å². The Labute approximate surface area is 198 Å². The van der Waals surface area contributed by atoms with E-state index in [0.29, 0.717) is 0 Å². The Bertz CT molecular complexity index is 1300. The quantitative estimate of drug-likeness (QED) is 0.206. The van der Waals surface area contributed by atoms with Gasteiger partial charge in [0.25, 0.3) is 11.4 Å². The van der Waals surface area contributed by atoms with Crippen LogP contribution in [-0.2, 0) is 6.18 Å². The van der Waals surface area contributed by atoms with Gasteiger partial charge in [-0.2, -0.15) is 13.2 Å². The molecular weight excluding hydrogens is 504 g/mol. The number of nitro groups is 2.